The van der Waals surface area contributed by atoms with Gasteiger partial charge in [0.1, 0.15) is 12.6 Å². The van der Waals surface area contributed by atoms with Gasteiger partial charge in [0, 0.05) is 12.8 Å². The molecule has 0 heterocycles. The van der Waals surface area contributed by atoms with Gasteiger partial charge in [-0.3, -0.25) is 14.4 Å². The molecular weight excluding hydrogens is 683 g/mol. The number of hydrogen-bond acceptors (Lipinski definition) is 4. The van der Waals surface area contributed by atoms with Crippen LogP contribution in [0.5, 0.6) is 0 Å². The van der Waals surface area contributed by atoms with Crippen LogP contribution in [-0.2, 0) is 19.1 Å². The van der Waals surface area contributed by atoms with E-state index in [1.807, 2.05) is 12.2 Å². The van der Waals surface area contributed by atoms with Crippen LogP contribution in [0.3, 0.4) is 0 Å². The van der Waals surface area contributed by atoms with Gasteiger partial charge in [-0.2, -0.15) is 0 Å². The second-order valence-electron chi connectivity index (χ2n) is 15.3. The topological polar surface area (TPSA) is 92.7 Å². The molecule has 6 heteroatoms. The van der Waals surface area contributed by atoms with E-state index in [0.29, 0.717) is 25.7 Å². The number of carboxylic acids is 1. The van der Waals surface area contributed by atoms with Crippen molar-refractivity contribution in [2.24, 2.45) is 0 Å². The number of hydrogen-bond donors (Lipinski definition) is 2. The second kappa shape index (κ2) is 43.8. The summed E-state index contributed by atoms with van der Waals surface area (Å²) in [6.07, 6.45) is 58.0. The van der Waals surface area contributed by atoms with Crippen LogP contribution in [0.1, 0.15) is 219 Å². The lowest BCUT2D eigenvalue weighted by molar-refractivity contribution is -0.147. The molecule has 0 aliphatic carbocycles. The van der Waals surface area contributed by atoms with Crippen molar-refractivity contribution in [1.29, 1.82) is 0 Å². The van der Waals surface area contributed by atoms with Crippen LogP contribution < -0.4 is 5.32 Å². The molecule has 1 atom stereocenters. The molecule has 1 unspecified atom stereocenters. The van der Waals surface area contributed by atoms with Gasteiger partial charge in [0.25, 0.3) is 0 Å². The number of allylic oxidation sites excluding steroid dienone is 9. The van der Waals surface area contributed by atoms with Gasteiger partial charge in [-0.15, -0.1) is 0 Å². The third kappa shape index (κ3) is 43.7. The van der Waals surface area contributed by atoms with Crippen molar-refractivity contribution in [2.45, 2.75) is 225 Å². The molecule has 55 heavy (non-hydrogen) atoms. The summed E-state index contributed by atoms with van der Waals surface area (Å²) in [6.45, 7) is 4.07. The molecule has 1 amide bonds. The summed E-state index contributed by atoms with van der Waals surface area (Å²) < 4.78 is 5.85. The summed E-state index contributed by atoms with van der Waals surface area (Å²) in [5, 5.41) is 11.1. The quantitative estimate of drug-likeness (QED) is 0.0367. The number of amides is 1. The van der Waals surface area contributed by atoms with E-state index < -0.39 is 5.97 Å². The molecule has 0 aromatic rings. The number of rotatable bonds is 41. The fourth-order valence-electron chi connectivity index (χ4n) is 6.58. The largest absolute Gasteiger partial charge is 0.480 e. The van der Waals surface area contributed by atoms with E-state index in [9.17, 15) is 14.4 Å². The number of unbranched alkanes of at least 4 members (excludes halogenated alkanes) is 22. The average molecular weight is 768 g/mol. The first-order valence-corrected chi connectivity index (χ1v) is 22.9. The summed E-state index contributed by atoms with van der Waals surface area (Å²) in [7, 11) is 0. The van der Waals surface area contributed by atoms with E-state index in [4.69, 9.17) is 9.84 Å². The summed E-state index contributed by atoms with van der Waals surface area (Å²) in [6, 6.07) is 0. The van der Waals surface area contributed by atoms with Gasteiger partial charge in [-0.05, 0) is 63.9 Å². The minimum Gasteiger partial charge on any atom is -0.480 e. The summed E-state index contributed by atoms with van der Waals surface area (Å²) in [5.41, 5.74) is 0. The second-order valence-corrected chi connectivity index (χ2v) is 15.3. The SMILES string of the molecule is CC/C=C\C/C=C\C/C=C\C/C=C\C/C=C\C(CCCCC(=O)NCC(=O)O)OC(=O)CCCCCCCCCCCCCCCCCCCCCCCC. The fraction of sp³-hybridized carbons (Fsp3) is 0.735. The molecule has 6 nitrogen and oxygen atoms in total. The average Bonchev–Trinajstić information content (AvgIpc) is 3.17. The zero-order valence-electron chi connectivity index (χ0n) is 35.8. The molecule has 0 saturated heterocycles. The van der Waals surface area contributed by atoms with Crippen molar-refractivity contribution in [3.63, 3.8) is 0 Å². The molecule has 0 aliphatic rings. The number of nitrogens with one attached hydrogen (secondary N) is 1. The van der Waals surface area contributed by atoms with E-state index in [0.717, 1.165) is 44.9 Å². The van der Waals surface area contributed by atoms with Gasteiger partial charge < -0.3 is 15.2 Å². The third-order valence-corrected chi connectivity index (χ3v) is 9.94. The van der Waals surface area contributed by atoms with Crippen molar-refractivity contribution < 1.29 is 24.2 Å². The number of esters is 1. The Hall–Kier alpha value is -2.89. The van der Waals surface area contributed by atoms with Gasteiger partial charge in [0.05, 0.1) is 0 Å². The molecule has 2 N–H and O–H groups in total. The van der Waals surface area contributed by atoms with Gasteiger partial charge in [-0.25, -0.2) is 0 Å². The molecule has 0 saturated carbocycles. The Morgan fingerprint density at radius 1 is 0.491 bits per heavy atom. The Bertz CT molecular complexity index is 1030. The van der Waals surface area contributed by atoms with E-state index in [1.165, 1.54) is 128 Å². The van der Waals surface area contributed by atoms with Gasteiger partial charge in [0.2, 0.25) is 5.91 Å². The smallest absolute Gasteiger partial charge is 0.322 e. The Balaban J connectivity index is 4.11. The monoisotopic (exact) mass is 768 g/mol. The molecule has 0 spiro atoms. The molecule has 0 bridgehead atoms. The zero-order chi connectivity index (χ0) is 40.1. The van der Waals surface area contributed by atoms with E-state index in [1.54, 1.807) is 0 Å². The third-order valence-electron chi connectivity index (χ3n) is 9.94. The van der Waals surface area contributed by atoms with Gasteiger partial charge in [0.15, 0.2) is 0 Å². The predicted molar refractivity (Wildman–Crippen MR) is 235 cm³/mol. The summed E-state index contributed by atoms with van der Waals surface area (Å²) in [4.78, 5) is 35.2. The van der Waals surface area contributed by atoms with Crippen LogP contribution in [0, 0.1) is 0 Å². The molecule has 0 aromatic heterocycles. The van der Waals surface area contributed by atoms with E-state index in [-0.39, 0.29) is 30.9 Å². The highest BCUT2D eigenvalue weighted by Crippen LogP contribution is 2.16. The number of carbonyl (C=O) groups is 3. The minimum atomic E-state index is -1.05. The van der Waals surface area contributed by atoms with Crippen molar-refractivity contribution in [2.75, 3.05) is 6.54 Å². The molecule has 0 aromatic carbocycles. The van der Waals surface area contributed by atoms with Crippen molar-refractivity contribution in [1.82, 2.24) is 5.32 Å². The normalized spacial score (nSPS) is 12.6. The molecule has 0 radical (unpaired) electrons. The minimum absolute atomic E-state index is 0.155. The first-order valence-electron chi connectivity index (χ1n) is 22.9. The van der Waals surface area contributed by atoms with Crippen LogP contribution >= 0.6 is 0 Å². The number of carbonyl (C=O) groups excluding carboxylic acids is 2. The first kappa shape index (κ1) is 52.1. The predicted octanol–water partition coefficient (Wildman–Crippen LogP) is 14.4. The van der Waals surface area contributed by atoms with Crippen LogP contribution in [0.2, 0.25) is 0 Å². The Kier molecular flexibility index (Phi) is 41.5. The zero-order valence-corrected chi connectivity index (χ0v) is 35.8. The summed E-state index contributed by atoms with van der Waals surface area (Å²) >= 11 is 0. The molecule has 0 fully saturated rings. The maximum absolute atomic E-state index is 12.7. The fourth-order valence-corrected chi connectivity index (χ4v) is 6.58. The van der Waals surface area contributed by atoms with Crippen LogP contribution in [0.25, 0.3) is 0 Å². The molecule has 316 valence electrons. The highest BCUT2D eigenvalue weighted by molar-refractivity contribution is 5.80. The number of ether oxygens (including phenoxy) is 1. The van der Waals surface area contributed by atoms with Crippen molar-refractivity contribution in [3.8, 4) is 0 Å². The lowest BCUT2D eigenvalue weighted by Gasteiger charge is -2.14. The molecule has 0 aliphatic heterocycles. The van der Waals surface area contributed by atoms with Crippen molar-refractivity contribution >= 4 is 17.8 Å². The highest BCUT2D eigenvalue weighted by atomic mass is 16.5. The lowest BCUT2D eigenvalue weighted by Crippen LogP contribution is -2.28. The molecule has 0 rings (SSSR count). The first-order chi connectivity index (χ1) is 27.0. The summed E-state index contributed by atoms with van der Waals surface area (Å²) in [5.74, 6) is -1.47. The Labute approximate surface area is 339 Å². The standard InChI is InChI=1S/C49H85NO5/c1-3-5-7-9-11-13-15-17-19-20-21-22-23-24-25-26-28-30-32-34-36-38-44-49(54)55-46(42-39-40-43-47(51)50-45-48(52)53)41-37-35-33-31-29-27-18-16-14-12-10-8-6-4-2/h6,8,12,14,18,27,31,33,37,41,46H,3-5,7,9-11,13,15-17,19-26,28-30,32,34-36,38-40,42-45H2,1-2H3,(H,50,51)(H,52,53)/b8-6-,14-12-,27-18-,33-31-,41-37-. The Morgan fingerprint density at radius 3 is 1.29 bits per heavy atom. The number of carboxylic acid groups (broad SMARTS) is 1. The van der Waals surface area contributed by atoms with Crippen LogP contribution in [0.4, 0.5) is 0 Å². The van der Waals surface area contributed by atoms with Gasteiger partial charge in [-0.1, -0.05) is 203 Å². The number of aliphatic carboxylic acids is 1. The van der Waals surface area contributed by atoms with E-state index >= 15 is 0 Å². The maximum atomic E-state index is 12.7. The van der Waals surface area contributed by atoms with Gasteiger partial charge >= 0.3 is 11.9 Å². The lowest BCUT2D eigenvalue weighted by atomic mass is 10.0. The molecular formula is C49H85NO5. The highest BCUT2D eigenvalue weighted by Gasteiger charge is 2.12. The van der Waals surface area contributed by atoms with E-state index in [2.05, 4.69) is 67.8 Å². The van der Waals surface area contributed by atoms with Crippen LogP contribution in [0.15, 0.2) is 60.8 Å². The Morgan fingerprint density at radius 2 is 0.873 bits per heavy atom. The maximum Gasteiger partial charge on any atom is 0.322 e. The van der Waals surface area contributed by atoms with Crippen molar-refractivity contribution in [3.05, 3.63) is 60.8 Å². The van der Waals surface area contributed by atoms with Crippen LogP contribution in [-0.4, -0.2) is 35.6 Å².